The van der Waals surface area contributed by atoms with Crippen LogP contribution in [0.4, 0.5) is 5.69 Å². The third-order valence-corrected chi connectivity index (χ3v) is 3.17. The van der Waals surface area contributed by atoms with Gasteiger partial charge in [-0.05, 0) is 37.3 Å². The summed E-state index contributed by atoms with van der Waals surface area (Å²) >= 11 is 0. The van der Waals surface area contributed by atoms with E-state index in [9.17, 15) is 5.11 Å². The highest BCUT2D eigenvalue weighted by Gasteiger charge is 2.07. The summed E-state index contributed by atoms with van der Waals surface area (Å²) in [5.74, 6) is 1.05. The van der Waals surface area contributed by atoms with Crippen molar-refractivity contribution in [3.63, 3.8) is 0 Å². The molecule has 0 aliphatic heterocycles. The smallest absolute Gasteiger partial charge is 0.120 e. The molecule has 0 unspecified atom stereocenters. The number of phenols is 1. The summed E-state index contributed by atoms with van der Waals surface area (Å²) in [7, 11) is 3.63. The SMILES string of the molecule is COc1ccc(O)c(CN(C)c2ccc(C)cc2)c1. The van der Waals surface area contributed by atoms with Crippen molar-refractivity contribution in [2.75, 3.05) is 19.1 Å². The molecular weight excluding hydrogens is 238 g/mol. The molecule has 0 saturated carbocycles. The van der Waals surface area contributed by atoms with Crippen molar-refractivity contribution in [2.24, 2.45) is 0 Å². The van der Waals surface area contributed by atoms with Gasteiger partial charge >= 0.3 is 0 Å². The van der Waals surface area contributed by atoms with Gasteiger partial charge in [-0.15, -0.1) is 0 Å². The lowest BCUT2D eigenvalue weighted by Crippen LogP contribution is -2.16. The van der Waals surface area contributed by atoms with Crippen LogP contribution in [0.1, 0.15) is 11.1 Å². The van der Waals surface area contributed by atoms with Crippen LogP contribution in [0.2, 0.25) is 0 Å². The van der Waals surface area contributed by atoms with Crippen LogP contribution in [-0.4, -0.2) is 19.3 Å². The van der Waals surface area contributed by atoms with Gasteiger partial charge in [-0.1, -0.05) is 17.7 Å². The molecule has 0 heterocycles. The van der Waals surface area contributed by atoms with Gasteiger partial charge in [0.25, 0.3) is 0 Å². The summed E-state index contributed by atoms with van der Waals surface area (Å²) in [6, 6.07) is 13.6. The van der Waals surface area contributed by atoms with E-state index in [0.29, 0.717) is 12.3 Å². The third-order valence-electron chi connectivity index (χ3n) is 3.17. The lowest BCUT2D eigenvalue weighted by atomic mass is 10.1. The summed E-state index contributed by atoms with van der Waals surface area (Å²) in [6.07, 6.45) is 0. The molecule has 2 aromatic carbocycles. The van der Waals surface area contributed by atoms with Gasteiger partial charge in [-0.25, -0.2) is 0 Å². The van der Waals surface area contributed by atoms with Crippen molar-refractivity contribution in [2.45, 2.75) is 13.5 Å². The third kappa shape index (κ3) is 3.19. The van der Waals surface area contributed by atoms with Crippen molar-refractivity contribution >= 4 is 5.69 Å². The Morgan fingerprint density at radius 1 is 1.11 bits per heavy atom. The minimum atomic E-state index is 0.291. The van der Waals surface area contributed by atoms with E-state index in [4.69, 9.17) is 4.74 Å². The van der Waals surface area contributed by atoms with Gasteiger partial charge in [-0.2, -0.15) is 0 Å². The van der Waals surface area contributed by atoms with Gasteiger partial charge in [0.15, 0.2) is 0 Å². The monoisotopic (exact) mass is 257 g/mol. The van der Waals surface area contributed by atoms with Crippen LogP contribution in [0, 0.1) is 6.92 Å². The van der Waals surface area contributed by atoms with Gasteiger partial charge < -0.3 is 14.7 Å². The Hall–Kier alpha value is -2.16. The van der Waals surface area contributed by atoms with E-state index < -0.39 is 0 Å². The Morgan fingerprint density at radius 3 is 2.42 bits per heavy atom. The zero-order chi connectivity index (χ0) is 13.8. The van der Waals surface area contributed by atoms with E-state index in [-0.39, 0.29) is 0 Å². The average Bonchev–Trinajstić information content (AvgIpc) is 2.42. The van der Waals surface area contributed by atoms with E-state index in [1.165, 1.54) is 5.56 Å². The highest BCUT2D eigenvalue weighted by atomic mass is 16.5. The van der Waals surface area contributed by atoms with Crippen LogP contribution in [-0.2, 0) is 6.54 Å². The molecule has 0 saturated heterocycles. The number of nitrogens with zero attached hydrogens (tertiary/aromatic N) is 1. The number of methoxy groups -OCH3 is 1. The molecule has 2 aromatic rings. The number of rotatable bonds is 4. The van der Waals surface area contributed by atoms with E-state index in [1.807, 2.05) is 13.1 Å². The first-order valence-electron chi connectivity index (χ1n) is 6.24. The molecule has 2 rings (SSSR count). The first-order valence-corrected chi connectivity index (χ1v) is 6.24. The van der Waals surface area contributed by atoms with E-state index in [1.54, 1.807) is 19.2 Å². The number of phenolic OH excluding ortho intramolecular Hbond substituents is 1. The van der Waals surface area contributed by atoms with E-state index >= 15 is 0 Å². The summed E-state index contributed by atoms with van der Waals surface area (Å²) in [6.45, 7) is 2.70. The van der Waals surface area contributed by atoms with Crippen LogP contribution in [0.3, 0.4) is 0 Å². The predicted molar refractivity (Wildman–Crippen MR) is 77.9 cm³/mol. The Bertz CT molecular complexity index is 549. The normalized spacial score (nSPS) is 10.3. The van der Waals surface area contributed by atoms with Crippen molar-refractivity contribution in [1.29, 1.82) is 0 Å². The molecule has 3 nitrogen and oxygen atoms in total. The second-order valence-corrected chi connectivity index (χ2v) is 4.69. The summed E-state index contributed by atoms with van der Waals surface area (Å²) < 4.78 is 5.18. The Kier molecular flexibility index (Phi) is 3.95. The maximum atomic E-state index is 9.89. The number of hydrogen-bond acceptors (Lipinski definition) is 3. The van der Waals surface area contributed by atoms with Gasteiger partial charge in [0.1, 0.15) is 11.5 Å². The highest BCUT2D eigenvalue weighted by molar-refractivity contribution is 5.49. The molecule has 0 atom stereocenters. The number of ether oxygens (including phenoxy) is 1. The summed E-state index contributed by atoms with van der Waals surface area (Å²) in [5, 5.41) is 9.89. The van der Waals surface area contributed by atoms with Gasteiger partial charge in [0.05, 0.1) is 7.11 Å². The van der Waals surface area contributed by atoms with Crippen molar-refractivity contribution in [3.8, 4) is 11.5 Å². The van der Waals surface area contributed by atoms with Crippen molar-refractivity contribution in [1.82, 2.24) is 0 Å². The predicted octanol–water partition coefficient (Wildman–Crippen LogP) is 3.35. The minimum Gasteiger partial charge on any atom is -0.508 e. The quantitative estimate of drug-likeness (QED) is 0.911. The van der Waals surface area contributed by atoms with Crippen LogP contribution in [0.5, 0.6) is 11.5 Å². The average molecular weight is 257 g/mol. The molecule has 19 heavy (non-hydrogen) atoms. The molecule has 0 spiro atoms. The van der Waals surface area contributed by atoms with Crippen LogP contribution < -0.4 is 9.64 Å². The number of benzene rings is 2. The number of aromatic hydroxyl groups is 1. The van der Waals surface area contributed by atoms with Gasteiger partial charge in [0.2, 0.25) is 0 Å². The Balaban J connectivity index is 2.18. The molecule has 0 fully saturated rings. The van der Waals surface area contributed by atoms with E-state index in [2.05, 4.69) is 36.1 Å². The van der Waals surface area contributed by atoms with Crippen LogP contribution >= 0.6 is 0 Å². The molecule has 0 radical (unpaired) electrons. The highest BCUT2D eigenvalue weighted by Crippen LogP contribution is 2.25. The Labute approximate surface area is 114 Å². The standard InChI is InChI=1S/C16H19NO2/c1-12-4-6-14(7-5-12)17(2)11-13-10-15(19-3)8-9-16(13)18/h4-10,18H,11H2,1-3H3. The summed E-state index contributed by atoms with van der Waals surface area (Å²) in [4.78, 5) is 2.09. The summed E-state index contributed by atoms with van der Waals surface area (Å²) in [5.41, 5.74) is 3.21. The molecule has 3 heteroatoms. The first-order chi connectivity index (χ1) is 9.10. The molecule has 0 amide bonds. The molecule has 0 aromatic heterocycles. The van der Waals surface area contributed by atoms with Gasteiger partial charge in [0, 0.05) is 24.8 Å². The number of anilines is 1. The maximum Gasteiger partial charge on any atom is 0.120 e. The number of hydrogen-bond donors (Lipinski definition) is 1. The van der Waals surface area contributed by atoms with Crippen LogP contribution in [0.15, 0.2) is 42.5 Å². The molecule has 1 N–H and O–H groups in total. The zero-order valence-corrected chi connectivity index (χ0v) is 11.6. The lowest BCUT2D eigenvalue weighted by molar-refractivity contribution is 0.410. The fraction of sp³-hybridized carbons (Fsp3) is 0.250. The lowest BCUT2D eigenvalue weighted by Gasteiger charge is -2.20. The zero-order valence-electron chi connectivity index (χ0n) is 11.6. The molecule has 0 bridgehead atoms. The second kappa shape index (κ2) is 5.65. The van der Waals surface area contributed by atoms with Crippen molar-refractivity contribution in [3.05, 3.63) is 53.6 Å². The van der Waals surface area contributed by atoms with Crippen molar-refractivity contribution < 1.29 is 9.84 Å². The molecule has 100 valence electrons. The fourth-order valence-corrected chi connectivity index (χ4v) is 1.96. The number of aryl methyl sites for hydroxylation is 1. The largest absolute Gasteiger partial charge is 0.508 e. The van der Waals surface area contributed by atoms with Crippen LogP contribution in [0.25, 0.3) is 0 Å². The Morgan fingerprint density at radius 2 is 1.79 bits per heavy atom. The molecule has 0 aliphatic rings. The molecular formula is C16H19NO2. The fourth-order valence-electron chi connectivity index (χ4n) is 1.96. The molecule has 0 aliphatic carbocycles. The van der Waals surface area contributed by atoms with E-state index in [0.717, 1.165) is 17.0 Å². The maximum absolute atomic E-state index is 9.89. The minimum absolute atomic E-state index is 0.291. The second-order valence-electron chi connectivity index (χ2n) is 4.69. The topological polar surface area (TPSA) is 32.7 Å². The first kappa shape index (κ1) is 13.3. The van der Waals surface area contributed by atoms with Gasteiger partial charge in [-0.3, -0.25) is 0 Å².